The van der Waals surface area contributed by atoms with Crippen molar-refractivity contribution in [2.75, 3.05) is 0 Å². The Morgan fingerprint density at radius 3 is 2.87 bits per heavy atom. The van der Waals surface area contributed by atoms with Crippen molar-refractivity contribution in [1.29, 1.82) is 0 Å². The first-order valence-electron chi connectivity index (χ1n) is 4.58. The first-order chi connectivity index (χ1) is 7.09. The van der Waals surface area contributed by atoms with Crippen LogP contribution in [0, 0.1) is 0 Å². The van der Waals surface area contributed by atoms with Gasteiger partial charge < -0.3 is 9.67 Å². The lowest BCUT2D eigenvalue weighted by Gasteiger charge is -2.10. The van der Waals surface area contributed by atoms with Crippen molar-refractivity contribution in [1.82, 2.24) is 4.57 Å². The van der Waals surface area contributed by atoms with Gasteiger partial charge in [0.05, 0.1) is 5.52 Å². The Kier molecular flexibility index (Phi) is 2.40. The van der Waals surface area contributed by atoms with E-state index in [4.69, 9.17) is 16.7 Å². The summed E-state index contributed by atoms with van der Waals surface area (Å²) >= 11 is 5.87. The van der Waals surface area contributed by atoms with Crippen LogP contribution in [0.4, 0.5) is 0 Å². The SMILES string of the molecule is CC(C(=O)O)n1ccc2ccc(Cl)cc21. The van der Waals surface area contributed by atoms with Crippen molar-refractivity contribution < 1.29 is 9.90 Å². The van der Waals surface area contributed by atoms with Gasteiger partial charge in [0.25, 0.3) is 0 Å². The number of aromatic nitrogens is 1. The highest BCUT2D eigenvalue weighted by atomic mass is 35.5. The summed E-state index contributed by atoms with van der Waals surface area (Å²) in [4.78, 5) is 10.9. The Bertz CT molecular complexity index is 518. The van der Waals surface area contributed by atoms with Crippen molar-refractivity contribution in [3.05, 3.63) is 35.5 Å². The number of benzene rings is 1. The monoisotopic (exact) mass is 223 g/mol. The van der Waals surface area contributed by atoms with Crippen LogP contribution in [0.2, 0.25) is 5.02 Å². The van der Waals surface area contributed by atoms with Crippen molar-refractivity contribution in [2.45, 2.75) is 13.0 Å². The van der Waals surface area contributed by atoms with Gasteiger partial charge in [-0.05, 0) is 30.5 Å². The largest absolute Gasteiger partial charge is 0.480 e. The summed E-state index contributed by atoms with van der Waals surface area (Å²) in [5.41, 5.74) is 0.845. The van der Waals surface area contributed by atoms with Crippen molar-refractivity contribution in [2.24, 2.45) is 0 Å². The fourth-order valence-corrected chi connectivity index (χ4v) is 1.75. The quantitative estimate of drug-likeness (QED) is 0.851. The van der Waals surface area contributed by atoms with Gasteiger partial charge in [0.15, 0.2) is 0 Å². The summed E-state index contributed by atoms with van der Waals surface area (Å²) in [5.74, 6) is -0.854. The molecule has 0 bridgehead atoms. The standard InChI is InChI=1S/C11H10ClNO2/c1-7(11(14)15)13-5-4-8-2-3-9(12)6-10(8)13/h2-7H,1H3,(H,14,15). The molecule has 1 aromatic carbocycles. The van der Waals surface area contributed by atoms with Crippen LogP contribution < -0.4 is 0 Å². The van der Waals surface area contributed by atoms with Gasteiger partial charge in [0.1, 0.15) is 6.04 Å². The zero-order valence-corrected chi connectivity index (χ0v) is 8.90. The van der Waals surface area contributed by atoms with Crippen LogP contribution in [0.1, 0.15) is 13.0 Å². The minimum atomic E-state index is -0.854. The molecule has 78 valence electrons. The van der Waals surface area contributed by atoms with E-state index in [9.17, 15) is 4.79 Å². The molecule has 0 amide bonds. The summed E-state index contributed by atoms with van der Waals surface area (Å²) in [6, 6.07) is 6.74. The molecule has 0 aliphatic heterocycles. The number of fused-ring (bicyclic) bond motifs is 1. The molecule has 3 nitrogen and oxygen atoms in total. The molecule has 1 heterocycles. The molecule has 0 aliphatic rings. The predicted molar refractivity (Wildman–Crippen MR) is 59.3 cm³/mol. The number of hydrogen-bond acceptors (Lipinski definition) is 1. The maximum Gasteiger partial charge on any atom is 0.326 e. The third-order valence-electron chi connectivity index (χ3n) is 2.46. The van der Waals surface area contributed by atoms with Crippen molar-refractivity contribution >= 4 is 28.5 Å². The van der Waals surface area contributed by atoms with E-state index in [1.807, 2.05) is 12.1 Å². The number of halogens is 1. The molecule has 1 N–H and O–H groups in total. The van der Waals surface area contributed by atoms with Crippen LogP contribution >= 0.6 is 11.6 Å². The van der Waals surface area contributed by atoms with Crippen LogP contribution in [0.3, 0.4) is 0 Å². The van der Waals surface area contributed by atoms with E-state index in [0.29, 0.717) is 5.02 Å². The number of hydrogen-bond donors (Lipinski definition) is 1. The minimum Gasteiger partial charge on any atom is -0.480 e. The molecular formula is C11H10ClNO2. The molecule has 1 atom stereocenters. The summed E-state index contributed by atoms with van der Waals surface area (Å²) in [5, 5.41) is 10.5. The van der Waals surface area contributed by atoms with Gasteiger partial charge in [-0.3, -0.25) is 0 Å². The van der Waals surface area contributed by atoms with E-state index in [2.05, 4.69) is 0 Å². The Labute approximate surface area is 91.9 Å². The van der Waals surface area contributed by atoms with Crippen molar-refractivity contribution in [3.63, 3.8) is 0 Å². The lowest BCUT2D eigenvalue weighted by atomic mass is 10.2. The third kappa shape index (κ3) is 1.70. The summed E-state index contributed by atoms with van der Waals surface area (Å²) in [6.07, 6.45) is 1.76. The molecule has 0 radical (unpaired) electrons. The highest BCUT2D eigenvalue weighted by Crippen LogP contribution is 2.23. The molecular weight excluding hydrogens is 214 g/mol. The van der Waals surface area contributed by atoms with Gasteiger partial charge in [0, 0.05) is 11.2 Å². The smallest absolute Gasteiger partial charge is 0.326 e. The summed E-state index contributed by atoms with van der Waals surface area (Å²) in [7, 11) is 0. The number of carboxylic acid groups (broad SMARTS) is 1. The van der Waals surface area contributed by atoms with Gasteiger partial charge in [-0.15, -0.1) is 0 Å². The second-order valence-electron chi connectivity index (χ2n) is 3.44. The van der Waals surface area contributed by atoms with Gasteiger partial charge in [-0.1, -0.05) is 17.7 Å². The average Bonchev–Trinajstić information content (AvgIpc) is 2.59. The third-order valence-corrected chi connectivity index (χ3v) is 2.70. The van der Waals surface area contributed by atoms with Crippen LogP contribution in [-0.4, -0.2) is 15.6 Å². The molecule has 0 fully saturated rings. The normalized spacial score (nSPS) is 12.9. The molecule has 2 rings (SSSR count). The zero-order valence-electron chi connectivity index (χ0n) is 8.14. The van der Waals surface area contributed by atoms with Crippen molar-refractivity contribution in [3.8, 4) is 0 Å². The Morgan fingerprint density at radius 2 is 2.20 bits per heavy atom. The molecule has 1 aromatic heterocycles. The molecule has 0 spiro atoms. The maximum absolute atomic E-state index is 10.9. The van der Waals surface area contributed by atoms with Crippen LogP contribution in [0.15, 0.2) is 30.5 Å². The number of rotatable bonds is 2. The molecule has 0 saturated carbocycles. The number of nitrogens with zero attached hydrogens (tertiary/aromatic N) is 1. The van der Waals surface area contributed by atoms with Gasteiger partial charge in [0.2, 0.25) is 0 Å². The van der Waals surface area contributed by atoms with E-state index in [0.717, 1.165) is 10.9 Å². The lowest BCUT2D eigenvalue weighted by molar-refractivity contribution is -0.140. The van der Waals surface area contributed by atoms with E-state index >= 15 is 0 Å². The van der Waals surface area contributed by atoms with Gasteiger partial charge in [-0.25, -0.2) is 4.79 Å². The Balaban J connectivity index is 2.61. The molecule has 4 heteroatoms. The second-order valence-corrected chi connectivity index (χ2v) is 3.88. The highest BCUT2D eigenvalue weighted by molar-refractivity contribution is 6.31. The highest BCUT2D eigenvalue weighted by Gasteiger charge is 2.14. The van der Waals surface area contributed by atoms with E-state index in [1.165, 1.54) is 0 Å². The second kappa shape index (κ2) is 3.59. The fraction of sp³-hybridized carbons (Fsp3) is 0.182. The average molecular weight is 224 g/mol. The molecule has 15 heavy (non-hydrogen) atoms. The first-order valence-corrected chi connectivity index (χ1v) is 4.96. The van der Waals surface area contributed by atoms with E-state index < -0.39 is 12.0 Å². The molecule has 0 aliphatic carbocycles. The topological polar surface area (TPSA) is 42.2 Å². The Hall–Kier alpha value is -1.48. The summed E-state index contributed by atoms with van der Waals surface area (Å²) < 4.78 is 1.70. The number of carbonyl (C=O) groups is 1. The molecule has 2 aromatic rings. The molecule has 0 saturated heterocycles. The molecule has 1 unspecified atom stereocenters. The van der Waals surface area contributed by atoms with Crippen LogP contribution in [0.5, 0.6) is 0 Å². The van der Waals surface area contributed by atoms with Gasteiger partial charge in [-0.2, -0.15) is 0 Å². The first kappa shape index (κ1) is 10.1. The number of aliphatic carboxylic acids is 1. The van der Waals surface area contributed by atoms with Gasteiger partial charge >= 0.3 is 5.97 Å². The minimum absolute atomic E-state index is 0.582. The van der Waals surface area contributed by atoms with Crippen LogP contribution in [0.25, 0.3) is 10.9 Å². The fourth-order valence-electron chi connectivity index (χ4n) is 1.58. The lowest BCUT2D eigenvalue weighted by Crippen LogP contribution is -2.14. The van der Waals surface area contributed by atoms with E-state index in [1.54, 1.807) is 29.8 Å². The Morgan fingerprint density at radius 1 is 1.47 bits per heavy atom. The maximum atomic E-state index is 10.9. The zero-order chi connectivity index (χ0) is 11.0. The predicted octanol–water partition coefficient (Wildman–Crippen LogP) is 2.94. The van der Waals surface area contributed by atoms with Crippen LogP contribution in [-0.2, 0) is 4.79 Å². The number of carboxylic acids is 1. The van der Waals surface area contributed by atoms with E-state index in [-0.39, 0.29) is 0 Å². The summed E-state index contributed by atoms with van der Waals surface area (Å²) in [6.45, 7) is 1.64.